The predicted octanol–water partition coefficient (Wildman–Crippen LogP) is 1.94. The number of hydrogen-bond donors (Lipinski definition) is 1. The first kappa shape index (κ1) is 18.4. The van der Waals surface area contributed by atoms with E-state index in [2.05, 4.69) is 0 Å². The van der Waals surface area contributed by atoms with Gasteiger partial charge < -0.3 is 24.1 Å². The Balaban J connectivity index is 1.67. The molecule has 0 saturated carbocycles. The molecule has 0 spiro atoms. The van der Waals surface area contributed by atoms with Crippen LogP contribution < -0.4 is 0 Å². The number of carbonyl (C=O) groups excluding carboxylic acids is 1. The van der Waals surface area contributed by atoms with Gasteiger partial charge in [-0.15, -0.1) is 0 Å². The summed E-state index contributed by atoms with van der Waals surface area (Å²) in [6.45, 7) is 9.33. The van der Waals surface area contributed by atoms with Crippen LogP contribution in [0.25, 0.3) is 0 Å². The lowest BCUT2D eigenvalue weighted by atomic mass is 10.1. The number of esters is 1. The average Bonchev–Trinajstić information content (AvgIpc) is 3.20. The van der Waals surface area contributed by atoms with Crippen LogP contribution in [0.5, 0.6) is 0 Å². The maximum atomic E-state index is 11.5. The van der Waals surface area contributed by atoms with Crippen LogP contribution in [-0.4, -0.2) is 53.5 Å². The van der Waals surface area contributed by atoms with Crippen molar-refractivity contribution in [2.75, 3.05) is 0 Å². The number of aliphatic hydroxyl groups is 1. The molecule has 2 saturated heterocycles. The molecule has 0 bridgehead atoms. The van der Waals surface area contributed by atoms with Gasteiger partial charge in [0.15, 0.2) is 6.29 Å². The third-order valence-electron chi connectivity index (χ3n) is 3.76. The summed E-state index contributed by atoms with van der Waals surface area (Å²) in [5, 5.41) is 10.0. The number of aliphatic hydroxyl groups excluding tert-OH is 1. The van der Waals surface area contributed by atoms with Gasteiger partial charge >= 0.3 is 5.97 Å². The van der Waals surface area contributed by atoms with Crippen LogP contribution in [0.15, 0.2) is 12.2 Å². The molecule has 132 valence electrons. The molecule has 0 aromatic heterocycles. The lowest BCUT2D eigenvalue weighted by Gasteiger charge is -2.31. The van der Waals surface area contributed by atoms with Crippen molar-refractivity contribution >= 4 is 5.97 Å². The standard InChI is InChI=1S/C17H28O6/c1-10(8-6-7-9-12(18)23-17(3,4)5)20-16-13(19)15-14(22-15)11(2)21-16/h7,9-11,13-16,19H,6,8H2,1-5H3/b9-7+. The summed E-state index contributed by atoms with van der Waals surface area (Å²) in [5.41, 5.74) is -0.480. The number of hydrogen-bond acceptors (Lipinski definition) is 6. The van der Waals surface area contributed by atoms with Crippen LogP contribution in [-0.2, 0) is 23.7 Å². The summed E-state index contributed by atoms with van der Waals surface area (Å²) in [6, 6.07) is 0. The maximum absolute atomic E-state index is 11.5. The normalized spacial score (nSPS) is 35.0. The Kier molecular flexibility index (Phi) is 5.84. The highest BCUT2D eigenvalue weighted by atomic mass is 16.7. The summed E-state index contributed by atoms with van der Waals surface area (Å²) in [5.74, 6) is -0.345. The van der Waals surface area contributed by atoms with Gasteiger partial charge in [0.25, 0.3) is 0 Å². The first-order chi connectivity index (χ1) is 10.7. The van der Waals surface area contributed by atoms with Crippen LogP contribution in [0.1, 0.15) is 47.5 Å². The minimum Gasteiger partial charge on any atom is -0.457 e. The summed E-state index contributed by atoms with van der Waals surface area (Å²) >= 11 is 0. The number of fused-ring (bicyclic) bond motifs is 1. The molecule has 2 aliphatic rings. The Labute approximate surface area is 137 Å². The minimum atomic E-state index is -0.740. The van der Waals surface area contributed by atoms with E-state index < -0.39 is 18.0 Å². The molecule has 0 aromatic carbocycles. The first-order valence-corrected chi connectivity index (χ1v) is 8.21. The quantitative estimate of drug-likeness (QED) is 0.456. The van der Waals surface area contributed by atoms with E-state index >= 15 is 0 Å². The largest absolute Gasteiger partial charge is 0.457 e. The van der Waals surface area contributed by atoms with Gasteiger partial charge in [0.1, 0.15) is 23.9 Å². The summed E-state index contributed by atoms with van der Waals surface area (Å²) < 4.78 is 21.9. The summed E-state index contributed by atoms with van der Waals surface area (Å²) in [7, 11) is 0. The predicted molar refractivity (Wildman–Crippen MR) is 83.8 cm³/mol. The Morgan fingerprint density at radius 2 is 2.00 bits per heavy atom. The molecule has 6 unspecified atom stereocenters. The van der Waals surface area contributed by atoms with Crippen LogP contribution in [0.2, 0.25) is 0 Å². The molecule has 2 rings (SSSR count). The zero-order valence-electron chi connectivity index (χ0n) is 14.5. The third-order valence-corrected chi connectivity index (χ3v) is 3.76. The van der Waals surface area contributed by atoms with Crippen molar-refractivity contribution in [3.05, 3.63) is 12.2 Å². The second-order valence-corrected chi connectivity index (χ2v) is 7.23. The average molecular weight is 328 g/mol. The molecule has 2 aliphatic heterocycles. The molecule has 6 atom stereocenters. The Hall–Kier alpha value is -0.950. The second kappa shape index (κ2) is 7.30. The lowest BCUT2D eigenvalue weighted by molar-refractivity contribution is -0.242. The van der Waals surface area contributed by atoms with Crippen molar-refractivity contribution in [2.45, 2.75) is 89.9 Å². The highest BCUT2D eigenvalue weighted by Crippen LogP contribution is 2.37. The number of ether oxygens (including phenoxy) is 4. The molecule has 6 heteroatoms. The lowest BCUT2D eigenvalue weighted by Crippen LogP contribution is -2.46. The first-order valence-electron chi connectivity index (χ1n) is 8.21. The smallest absolute Gasteiger partial charge is 0.330 e. The maximum Gasteiger partial charge on any atom is 0.330 e. The van der Waals surface area contributed by atoms with E-state index in [4.69, 9.17) is 18.9 Å². The molecule has 2 fully saturated rings. The van der Waals surface area contributed by atoms with Gasteiger partial charge in [-0.3, -0.25) is 0 Å². The zero-order chi connectivity index (χ0) is 17.2. The van der Waals surface area contributed by atoms with Gasteiger partial charge in [-0.2, -0.15) is 0 Å². The van der Waals surface area contributed by atoms with Crippen molar-refractivity contribution in [2.24, 2.45) is 0 Å². The van der Waals surface area contributed by atoms with Crippen LogP contribution >= 0.6 is 0 Å². The summed E-state index contributed by atoms with van der Waals surface area (Å²) in [4.78, 5) is 11.5. The third kappa shape index (κ3) is 5.57. The molecule has 0 amide bonds. The Bertz CT molecular complexity index is 441. The van der Waals surface area contributed by atoms with Crippen molar-refractivity contribution in [1.29, 1.82) is 0 Å². The number of carbonyl (C=O) groups is 1. The van der Waals surface area contributed by atoms with E-state index in [-0.39, 0.29) is 30.4 Å². The fourth-order valence-corrected chi connectivity index (χ4v) is 2.57. The van der Waals surface area contributed by atoms with E-state index in [0.717, 1.165) is 6.42 Å². The molecule has 2 heterocycles. The SMILES string of the molecule is CC(CC/C=C/C(=O)OC(C)(C)C)OC1OC(C)C2OC2C1O. The molecule has 0 aliphatic carbocycles. The van der Waals surface area contributed by atoms with Crippen LogP contribution in [0.3, 0.4) is 0 Å². The molecule has 1 N–H and O–H groups in total. The number of epoxide rings is 1. The van der Waals surface area contributed by atoms with Gasteiger partial charge in [-0.25, -0.2) is 4.79 Å². The fourth-order valence-electron chi connectivity index (χ4n) is 2.57. The monoisotopic (exact) mass is 328 g/mol. The van der Waals surface area contributed by atoms with E-state index in [1.54, 1.807) is 6.08 Å². The molecule has 6 nitrogen and oxygen atoms in total. The van der Waals surface area contributed by atoms with E-state index in [1.807, 2.05) is 34.6 Å². The molecular weight excluding hydrogens is 300 g/mol. The van der Waals surface area contributed by atoms with Crippen molar-refractivity contribution < 1.29 is 28.8 Å². The molecule has 0 aromatic rings. The molecule has 23 heavy (non-hydrogen) atoms. The van der Waals surface area contributed by atoms with Crippen LogP contribution in [0, 0.1) is 0 Å². The summed E-state index contributed by atoms with van der Waals surface area (Å²) in [6.07, 6.45) is 2.89. The fraction of sp³-hybridized carbons (Fsp3) is 0.824. The van der Waals surface area contributed by atoms with Crippen molar-refractivity contribution in [3.8, 4) is 0 Å². The number of allylic oxidation sites excluding steroid dienone is 1. The Morgan fingerprint density at radius 1 is 1.30 bits per heavy atom. The highest BCUT2D eigenvalue weighted by molar-refractivity contribution is 5.82. The zero-order valence-corrected chi connectivity index (χ0v) is 14.5. The number of rotatable bonds is 6. The van der Waals surface area contributed by atoms with Crippen molar-refractivity contribution in [1.82, 2.24) is 0 Å². The van der Waals surface area contributed by atoms with Gasteiger partial charge in [0.2, 0.25) is 0 Å². The molecular formula is C17H28O6. The molecule has 0 radical (unpaired) electrons. The van der Waals surface area contributed by atoms with E-state index in [9.17, 15) is 9.90 Å². The van der Waals surface area contributed by atoms with Gasteiger partial charge in [-0.05, 0) is 47.5 Å². The van der Waals surface area contributed by atoms with Crippen LogP contribution in [0.4, 0.5) is 0 Å². The highest BCUT2D eigenvalue weighted by Gasteiger charge is 2.56. The van der Waals surface area contributed by atoms with Gasteiger partial charge in [0, 0.05) is 6.08 Å². The van der Waals surface area contributed by atoms with E-state index in [1.165, 1.54) is 6.08 Å². The van der Waals surface area contributed by atoms with E-state index in [0.29, 0.717) is 6.42 Å². The Morgan fingerprint density at radius 3 is 2.65 bits per heavy atom. The van der Waals surface area contributed by atoms with Gasteiger partial charge in [0.05, 0.1) is 12.2 Å². The van der Waals surface area contributed by atoms with Crippen molar-refractivity contribution in [3.63, 3.8) is 0 Å². The minimum absolute atomic E-state index is 0.00285. The van der Waals surface area contributed by atoms with Gasteiger partial charge in [-0.1, -0.05) is 6.08 Å². The topological polar surface area (TPSA) is 77.5 Å². The second-order valence-electron chi connectivity index (χ2n) is 7.23.